The van der Waals surface area contributed by atoms with Crippen LogP contribution in [0, 0.1) is 5.92 Å². The highest BCUT2D eigenvalue weighted by Crippen LogP contribution is 2.21. The van der Waals surface area contributed by atoms with E-state index in [1.807, 2.05) is 30.3 Å². The Kier molecular flexibility index (Phi) is 4.20. The highest BCUT2D eigenvalue weighted by molar-refractivity contribution is 7.03. The fourth-order valence-electron chi connectivity index (χ4n) is 2.38. The van der Waals surface area contributed by atoms with Crippen LogP contribution in [0.2, 0.25) is 0 Å². The molecule has 3 aromatic rings. The molecule has 0 bridgehead atoms. The number of carbonyl (C=O) groups excluding carboxylic acids is 1. The molecule has 0 spiro atoms. The summed E-state index contributed by atoms with van der Waals surface area (Å²) in [4.78, 5) is 14.3. The van der Waals surface area contributed by atoms with Gasteiger partial charge in [0.05, 0.1) is 6.54 Å². The molecule has 0 aliphatic rings. The van der Waals surface area contributed by atoms with Crippen LogP contribution in [-0.2, 0) is 6.54 Å². The number of amides is 1. The molecule has 2 aromatic heterocycles. The molecule has 0 radical (unpaired) electrons. The SMILES string of the molecule is CC(C)CN(Cc1cc2ccccc2o1)C(=O)c1csnn1. The summed E-state index contributed by atoms with van der Waals surface area (Å²) in [7, 11) is 0. The number of rotatable bonds is 5. The van der Waals surface area contributed by atoms with Crippen LogP contribution in [0.4, 0.5) is 0 Å². The minimum absolute atomic E-state index is 0.108. The Bertz CT molecular complexity index is 732. The van der Waals surface area contributed by atoms with Crippen LogP contribution in [0.1, 0.15) is 30.1 Å². The summed E-state index contributed by atoms with van der Waals surface area (Å²) in [5, 5.41) is 6.60. The van der Waals surface area contributed by atoms with Crippen molar-refractivity contribution in [2.45, 2.75) is 20.4 Å². The van der Waals surface area contributed by atoms with Gasteiger partial charge in [0.25, 0.3) is 5.91 Å². The maximum Gasteiger partial charge on any atom is 0.275 e. The number of furan rings is 1. The maximum absolute atomic E-state index is 12.5. The number of nitrogens with zero attached hydrogens (tertiary/aromatic N) is 3. The maximum atomic E-state index is 12.5. The van der Waals surface area contributed by atoms with E-state index in [-0.39, 0.29) is 5.91 Å². The van der Waals surface area contributed by atoms with Gasteiger partial charge in [0, 0.05) is 17.3 Å². The molecular weight excluding hydrogens is 298 g/mol. The Hall–Kier alpha value is -2.21. The second kappa shape index (κ2) is 6.27. The molecule has 5 nitrogen and oxygen atoms in total. The number of para-hydroxylation sites is 1. The molecule has 22 heavy (non-hydrogen) atoms. The number of aromatic nitrogens is 2. The van der Waals surface area contributed by atoms with Crippen LogP contribution < -0.4 is 0 Å². The Morgan fingerprint density at radius 3 is 2.86 bits per heavy atom. The highest BCUT2D eigenvalue weighted by Gasteiger charge is 2.21. The van der Waals surface area contributed by atoms with Gasteiger partial charge in [-0.25, -0.2) is 0 Å². The van der Waals surface area contributed by atoms with Crippen LogP contribution in [0.25, 0.3) is 11.0 Å². The summed E-state index contributed by atoms with van der Waals surface area (Å²) < 4.78 is 9.59. The predicted molar refractivity (Wildman–Crippen MR) is 85.7 cm³/mol. The van der Waals surface area contributed by atoms with Gasteiger partial charge < -0.3 is 9.32 Å². The lowest BCUT2D eigenvalue weighted by Gasteiger charge is -2.22. The normalized spacial score (nSPS) is 11.2. The van der Waals surface area contributed by atoms with Crippen molar-refractivity contribution in [1.29, 1.82) is 0 Å². The lowest BCUT2D eigenvalue weighted by atomic mass is 10.2. The van der Waals surface area contributed by atoms with Crippen molar-refractivity contribution in [1.82, 2.24) is 14.5 Å². The van der Waals surface area contributed by atoms with Crippen molar-refractivity contribution < 1.29 is 9.21 Å². The van der Waals surface area contributed by atoms with Crippen molar-refractivity contribution in [2.24, 2.45) is 5.92 Å². The van der Waals surface area contributed by atoms with E-state index in [0.29, 0.717) is 24.7 Å². The van der Waals surface area contributed by atoms with Gasteiger partial charge in [-0.15, -0.1) is 5.10 Å². The minimum atomic E-state index is -0.108. The Balaban J connectivity index is 1.84. The van der Waals surface area contributed by atoms with Crippen LogP contribution in [0.3, 0.4) is 0 Å². The Morgan fingerprint density at radius 1 is 1.36 bits per heavy atom. The third kappa shape index (κ3) is 3.17. The summed E-state index contributed by atoms with van der Waals surface area (Å²) in [6.07, 6.45) is 0. The zero-order chi connectivity index (χ0) is 15.5. The predicted octanol–water partition coefficient (Wildman–Crippen LogP) is 3.58. The average Bonchev–Trinajstić information content (AvgIpc) is 3.14. The Morgan fingerprint density at radius 2 is 2.18 bits per heavy atom. The third-order valence-corrected chi connectivity index (χ3v) is 3.78. The van der Waals surface area contributed by atoms with E-state index >= 15 is 0 Å². The summed E-state index contributed by atoms with van der Waals surface area (Å²) in [5.41, 5.74) is 1.23. The average molecular weight is 315 g/mol. The molecule has 0 atom stereocenters. The molecule has 6 heteroatoms. The number of hydrogen-bond donors (Lipinski definition) is 0. The van der Waals surface area contributed by atoms with Crippen LogP contribution in [0.15, 0.2) is 40.1 Å². The van der Waals surface area contributed by atoms with Gasteiger partial charge in [-0.2, -0.15) is 0 Å². The van der Waals surface area contributed by atoms with Crippen molar-refractivity contribution >= 4 is 28.4 Å². The van der Waals surface area contributed by atoms with E-state index in [9.17, 15) is 4.79 Å². The number of benzene rings is 1. The smallest absolute Gasteiger partial charge is 0.275 e. The highest BCUT2D eigenvalue weighted by atomic mass is 32.1. The van der Waals surface area contributed by atoms with Gasteiger partial charge in [-0.1, -0.05) is 36.5 Å². The second-order valence-corrected chi connectivity index (χ2v) is 6.23. The fourth-order valence-corrected chi connectivity index (χ4v) is 2.81. The van der Waals surface area contributed by atoms with Gasteiger partial charge in [0.1, 0.15) is 11.3 Å². The van der Waals surface area contributed by atoms with E-state index in [4.69, 9.17) is 4.42 Å². The van der Waals surface area contributed by atoms with E-state index in [1.165, 1.54) is 11.5 Å². The number of fused-ring (bicyclic) bond motifs is 1. The molecule has 0 unspecified atom stereocenters. The molecule has 0 aliphatic heterocycles. The summed E-state index contributed by atoms with van der Waals surface area (Å²) >= 11 is 1.18. The monoisotopic (exact) mass is 315 g/mol. The first-order chi connectivity index (χ1) is 10.6. The standard InChI is InChI=1S/C16H17N3O2S/c1-11(2)8-19(16(20)14-10-22-18-17-14)9-13-7-12-5-3-4-6-15(12)21-13/h3-7,10-11H,8-9H2,1-2H3. The summed E-state index contributed by atoms with van der Waals surface area (Å²) in [6.45, 7) is 5.24. The first-order valence-corrected chi connectivity index (χ1v) is 8.01. The molecule has 2 heterocycles. The van der Waals surface area contributed by atoms with Crippen LogP contribution in [-0.4, -0.2) is 26.9 Å². The van der Waals surface area contributed by atoms with E-state index in [0.717, 1.165) is 16.7 Å². The lowest BCUT2D eigenvalue weighted by Crippen LogP contribution is -2.33. The number of carbonyl (C=O) groups is 1. The zero-order valence-corrected chi connectivity index (χ0v) is 13.3. The van der Waals surface area contributed by atoms with Crippen molar-refractivity contribution in [2.75, 3.05) is 6.54 Å². The van der Waals surface area contributed by atoms with Crippen LogP contribution >= 0.6 is 11.5 Å². The van der Waals surface area contributed by atoms with E-state index < -0.39 is 0 Å². The first-order valence-electron chi connectivity index (χ1n) is 7.17. The largest absolute Gasteiger partial charge is 0.459 e. The molecule has 1 aromatic carbocycles. The first kappa shape index (κ1) is 14.7. The quantitative estimate of drug-likeness (QED) is 0.722. The van der Waals surface area contributed by atoms with E-state index in [2.05, 4.69) is 23.4 Å². The third-order valence-electron chi connectivity index (χ3n) is 3.28. The molecular formula is C16H17N3O2S. The van der Waals surface area contributed by atoms with Gasteiger partial charge >= 0.3 is 0 Å². The Labute approximate surface area is 132 Å². The van der Waals surface area contributed by atoms with E-state index in [1.54, 1.807) is 10.3 Å². The molecule has 114 valence electrons. The van der Waals surface area contributed by atoms with Gasteiger partial charge in [-0.05, 0) is 29.6 Å². The second-order valence-electron chi connectivity index (χ2n) is 5.62. The molecule has 3 rings (SSSR count). The van der Waals surface area contributed by atoms with Crippen LogP contribution in [0.5, 0.6) is 0 Å². The van der Waals surface area contributed by atoms with Gasteiger partial charge in [-0.3, -0.25) is 4.79 Å². The summed E-state index contributed by atoms with van der Waals surface area (Å²) in [5.74, 6) is 1.03. The molecule has 0 N–H and O–H groups in total. The van der Waals surface area contributed by atoms with Gasteiger partial charge in [0.2, 0.25) is 0 Å². The summed E-state index contributed by atoms with van der Waals surface area (Å²) in [6, 6.07) is 9.82. The fraction of sp³-hybridized carbons (Fsp3) is 0.312. The topological polar surface area (TPSA) is 59.2 Å². The molecule has 0 saturated heterocycles. The van der Waals surface area contributed by atoms with Crippen molar-refractivity contribution in [3.8, 4) is 0 Å². The van der Waals surface area contributed by atoms with Crippen molar-refractivity contribution in [3.05, 3.63) is 47.2 Å². The lowest BCUT2D eigenvalue weighted by molar-refractivity contribution is 0.0705. The molecule has 0 aliphatic carbocycles. The minimum Gasteiger partial charge on any atom is -0.459 e. The molecule has 1 amide bonds. The van der Waals surface area contributed by atoms with Crippen molar-refractivity contribution in [3.63, 3.8) is 0 Å². The molecule has 0 fully saturated rings. The number of hydrogen-bond acceptors (Lipinski definition) is 5. The zero-order valence-electron chi connectivity index (χ0n) is 12.5. The van der Waals surface area contributed by atoms with Gasteiger partial charge in [0.15, 0.2) is 5.69 Å². The molecule has 0 saturated carbocycles.